The van der Waals surface area contributed by atoms with Gasteiger partial charge in [-0.3, -0.25) is 15.0 Å². The highest BCUT2D eigenvalue weighted by molar-refractivity contribution is 7.92. The van der Waals surface area contributed by atoms with Gasteiger partial charge in [0.1, 0.15) is 6.10 Å². The van der Waals surface area contributed by atoms with Crippen molar-refractivity contribution in [1.82, 2.24) is 10.5 Å². The first kappa shape index (κ1) is 21.8. The Morgan fingerprint density at radius 3 is 2.33 bits per heavy atom. The summed E-state index contributed by atoms with van der Waals surface area (Å²) in [6.45, 7) is 1.20. The number of hydrogen-bond donors (Lipinski definition) is 2. The summed E-state index contributed by atoms with van der Waals surface area (Å²) in [5.74, 6) is -2.63. The van der Waals surface area contributed by atoms with Crippen LogP contribution < -0.4 is 5.48 Å². The predicted molar refractivity (Wildman–Crippen MR) is 103 cm³/mol. The molecule has 1 amide bonds. The Morgan fingerprint density at radius 1 is 1.23 bits per heavy atom. The van der Waals surface area contributed by atoms with Gasteiger partial charge in [-0.15, -0.1) is 0 Å². The first-order chi connectivity index (χ1) is 14.1. The lowest BCUT2D eigenvalue weighted by Crippen LogP contribution is -2.51. The van der Waals surface area contributed by atoms with Crippen LogP contribution in [0.2, 0.25) is 0 Å². The number of hydroxylamine groups is 1. The van der Waals surface area contributed by atoms with E-state index < -0.39 is 38.2 Å². The molecule has 0 fully saturated rings. The summed E-state index contributed by atoms with van der Waals surface area (Å²) in [7, 11) is -3.87. The molecule has 0 radical (unpaired) electrons. The van der Waals surface area contributed by atoms with Gasteiger partial charge in [0.25, 0.3) is 5.91 Å². The van der Waals surface area contributed by atoms with E-state index in [1.165, 1.54) is 24.5 Å². The van der Waals surface area contributed by atoms with E-state index in [-0.39, 0.29) is 18.4 Å². The van der Waals surface area contributed by atoms with E-state index in [2.05, 4.69) is 10.1 Å². The Labute approximate surface area is 171 Å². The van der Waals surface area contributed by atoms with Crippen molar-refractivity contribution in [3.63, 3.8) is 0 Å². The second-order valence-electron chi connectivity index (χ2n) is 7.17. The number of carbonyl (C=O) groups excluding carboxylic acids is 1. The fraction of sp³-hybridized carbons (Fsp3) is 0.316. The summed E-state index contributed by atoms with van der Waals surface area (Å²) in [4.78, 5) is 20.7. The maximum Gasteiger partial charge on any atom is 0.264 e. The maximum atomic E-state index is 13.9. The van der Waals surface area contributed by atoms with Gasteiger partial charge in [0.15, 0.2) is 26.2 Å². The number of benzene rings is 1. The van der Waals surface area contributed by atoms with Crippen LogP contribution in [0, 0.1) is 11.6 Å². The molecule has 160 valence electrons. The molecular weight excluding hydrogens is 420 g/mol. The predicted octanol–water partition coefficient (Wildman–Crippen LogP) is 2.22. The van der Waals surface area contributed by atoms with Gasteiger partial charge < -0.3 is 4.84 Å². The van der Waals surface area contributed by atoms with Gasteiger partial charge in [-0.2, -0.15) is 0 Å². The third kappa shape index (κ3) is 4.03. The lowest BCUT2D eigenvalue weighted by Gasteiger charge is -2.26. The lowest BCUT2D eigenvalue weighted by atomic mass is 9.95. The van der Waals surface area contributed by atoms with Crippen molar-refractivity contribution in [3.8, 4) is 11.1 Å². The van der Waals surface area contributed by atoms with Crippen LogP contribution in [0.4, 0.5) is 8.78 Å². The Balaban J connectivity index is 1.76. The molecule has 3 rings (SSSR count). The van der Waals surface area contributed by atoms with Crippen molar-refractivity contribution in [1.29, 1.82) is 0 Å². The molecule has 0 saturated carbocycles. The fourth-order valence-electron chi connectivity index (χ4n) is 3.19. The molecule has 30 heavy (non-hydrogen) atoms. The van der Waals surface area contributed by atoms with Gasteiger partial charge in [-0.25, -0.2) is 22.7 Å². The van der Waals surface area contributed by atoms with Crippen molar-refractivity contribution in [3.05, 3.63) is 53.9 Å². The average Bonchev–Trinajstić information content (AvgIpc) is 3.15. The number of pyridine rings is 1. The van der Waals surface area contributed by atoms with Crippen molar-refractivity contribution >= 4 is 21.5 Å². The van der Waals surface area contributed by atoms with Crippen LogP contribution in [0.3, 0.4) is 0 Å². The summed E-state index contributed by atoms with van der Waals surface area (Å²) in [5.41, 5.74) is 2.61. The Hall–Kier alpha value is -2.92. The van der Waals surface area contributed by atoms with Crippen molar-refractivity contribution < 1.29 is 32.0 Å². The average molecular weight is 439 g/mol. The van der Waals surface area contributed by atoms with Gasteiger partial charge >= 0.3 is 0 Å². The smallest absolute Gasteiger partial charge is 0.264 e. The zero-order valence-corrected chi connectivity index (χ0v) is 16.9. The normalized spacial score (nSPS) is 18.3. The van der Waals surface area contributed by atoms with Crippen molar-refractivity contribution in [2.75, 3.05) is 6.26 Å². The number of nitrogens with one attached hydrogen (secondary N) is 1. The molecule has 1 aliphatic rings. The number of sulfone groups is 1. The zero-order valence-electron chi connectivity index (χ0n) is 16.1. The van der Waals surface area contributed by atoms with Crippen LogP contribution in [0.15, 0.2) is 41.8 Å². The van der Waals surface area contributed by atoms with Gasteiger partial charge in [0.05, 0.1) is 23.7 Å². The Kier molecular flexibility index (Phi) is 5.86. The van der Waals surface area contributed by atoms with Crippen LogP contribution in [0.5, 0.6) is 0 Å². The van der Waals surface area contributed by atoms with E-state index in [0.717, 1.165) is 18.6 Å². The van der Waals surface area contributed by atoms with Gasteiger partial charge in [-0.05, 0) is 18.1 Å². The second kappa shape index (κ2) is 8.07. The molecular formula is C19H19F2N3O5S. The number of hydrogen-bond acceptors (Lipinski definition) is 7. The number of aromatic nitrogens is 1. The van der Waals surface area contributed by atoms with Crippen molar-refractivity contribution in [2.24, 2.45) is 5.16 Å². The summed E-state index contributed by atoms with van der Waals surface area (Å²) in [6, 6.07) is 6.25. The number of rotatable bonds is 6. The number of amides is 1. The zero-order chi connectivity index (χ0) is 22.1. The summed E-state index contributed by atoms with van der Waals surface area (Å²) >= 11 is 0. The van der Waals surface area contributed by atoms with Crippen LogP contribution in [0.25, 0.3) is 11.1 Å². The third-order valence-corrected chi connectivity index (χ3v) is 7.10. The molecule has 0 aliphatic carbocycles. The number of nitrogens with zero attached hydrogens (tertiary/aromatic N) is 2. The van der Waals surface area contributed by atoms with E-state index in [0.29, 0.717) is 16.8 Å². The summed E-state index contributed by atoms with van der Waals surface area (Å²) < 4.78 is 50.1. The van der Waals surface area contributed by atoms with E-state index in [4.69, 9.17) is 10.0 Å². The molecule has 1 aromatic heterocycles. The van der Waals surface area contributed by atoms with Gasteiger partial charge in [0.2, 0.25) is 0 Å². The topological polar surface area (TPSA) is 118 Å². The van der Waals surface area contributed by atoms with Gasteiger partial charge in [-0.1, -0.05) is 29.4 Å². The number of halogens is 2. The van der Waals surface area contributed by atoms with E-state index in [1.807, 2.05) is 0 Å². The molecule has 1 aliphatic heterocycles. The second-order valence-corrected chi connectivity index (χ2v) is 9.62. The molecule has 11 heteroatoms. The highest BCUT2D eigenvalue weighted by Crippen LogP contribution is 2.30. The van der Waals surface area contributed by atoms with E-state index in [9.17, 15) is 22.0 Å². The molecule has 2 heterocycles. The maximum absolute atomic E-state index is 13.9. The highest BCUT2D eigenvalue weighted by Gasteiger charge is 2.47. The highest BCUT2D eigenvalue weighted by atomic mass is 32.2. The first-order valence-electron chi connectivity index (χ1n) is 8.83. The van der Waals surface area contributed by atoms with E-state index in [1.54, 1.807) is 12.1 Å². The standard InChI is InChI=1S/C19H19F2N3O5S/c1-19(18(25)23-26,30(2,27)28)8-13-7-16(24-29-13)11-3-5-12(6-4-11)17-14(20)9-22-10-15(17)21/h3-6,9-10,13,26H,7-8H2,1-2H3,(H,23,25). The molecule has 0 spiro atoms. The molecule has 2 atom stereocenters. The van der Waals surface area contributed by atoms with E-state index >= 15 is 0 Å². The van der Waals surface area contributed by atoms with Crippen molar-refractivity contribution in [2.45, 2.75) is 30.6 Å². The molecule has 8 nitrogen and oxygen atoms in total. The molecule has 1 aromatic carbocycles. The summed E-state index contributed by atoms with van der Waals surface area (Å²) in [5, 5.41) is 12.9. The third-order valence-electron chi connectivity index (χ3n) is 5.11. The molecule has 0 saturated heterocycles. The van der Waals surface area contributed by atoms with Gasteiger partial charge in [0, 0.05) is 19.1 Å². The molecule has 2 N–H and O–H groups in total. The SMILES string of the molecule is CC(CC1CC(c2ccc(-c3c(F)cncc3F)cc2)=NO1)(C(=O)NO)S(C)(=O)=O. The number of carbonyl (C=O) groups is 1. The molecule has 2 unspecified atom stereocenters. The minimum atomic E-state index is -3.87. The van der Waals surface area contributed by atoms with Crippen LogP contribution in [0.1, 0.15) is 25.3 Å². The largest absolute Gasteiger partial charge is 0.392 e. The fourth-order valence-corrected chi connectivity index (χ4v) is 4.06. The molecule has 0 bridgehead atoms. The Morgan fingerprint density at radius 2 is 1.80 bits per heavy atom. The van der Waals surface area contributed by atoms with Crippen LogP contribution in [-0.4, -0.2) is 47.3 Å². The minimum Gasteiger partial charge on any atom is -0.392 e. The summed E-state index contributed by atoms with van der Waals surface area (Å²) in [6.07, 6.45) is 2.01. The van der Waals surface area contributed by atoms with Crippen LogP contribution in [-0.2, 0) is 19.5 Å². The lowest BCUT2D eigenvalue weighted by molar-refractivity contribution is -0.132. The first-order valence-corrected chi connectivity index (χ1v) is 10.7. The van der Waals surface area contributed by atoms with Crippen LogP contribution >= 0.6 is 0 Å². The minimum absolute atomic E-state index is 0.196. The molecule has 2 aromatic rings. The Bertz CT molecular complexity index is 1090. The quantitative estimate of drug-likeness (QED) is 0.526. The number of oxime groups is 1. The monoisotopic (exact) mass is 439 g/mol.